The highest BCUT2D eigenvalue weighted by Gasteiger charge is 2.16. The number of allylic oxidation sites excluding steroid dienone is 1. The first-order valence-electron chi connectivity index (χ1n) is 8.98. The van der Waals surface area contributed by atoms with E-state index in [0.29, 0.717) is 38.6 Å². The first-order chi connectivity index (χ1) is 15.0. The summed E-state index contributed by atoms with van der Waals surface area (Å²) in [5.41, 5.74) is 1.76. The second-order valence-electron chi connectivity index (χ2n) is 6.14. The maximum Gasteiger partial charge on any atom is 0.379 e. The fourth-order valence-electron chi connectivity index (χ4n) is 2.78. The van der Waals surface area contributed by atoms with Crippen LogP contribution >= 0.6 is 15.9 Å². The van der Waals surface area contributed by atoms with Gasteiger partial charge in [0.2, 0.25) is 5.76 Å². The van der Waals surface area contributed by atoms with Gasteiger partial charge in [0.15, 0.2) is 27.7 Å². The zero-order valence-corrected chi connectivity index (χ0v) is 18.6. The molecule has 0 N–H and O–H groups in total. The zero-order valence-electron chi connectivity index (χ0n) is 17.0. The number of carbonyl (C=O) groups excluding carboxylic acids is 1. The molecule has 158 valence electrons. The van der Waals surface area contributed by atoms with Gasteiger partial charge in [0.25, 0.3) is 0 Å². The van der Waals surface area contributed by atoms with Crippen LogP contribution in [0.3, 0.4) is 0 Å². The Morgan fingerprint density at radius 2 is 1.61 bits per heavy atom. The van der Waals surface area contributed by atoms with E-state index in [4.69, 9.17) is 23.4 Å². The lowest BCUT2D eigenvalue weighted by Crippen LogP contribution is -2.08. The number of esters is 1. The number of hydrogen-bond donors (Lipinski definition) is 0. The van der Waals surface area contributed by atoms with Gasteiger partial charge in [-0.1, -0.05) is 6.07 Å². The monoisotopic (exact) mass is 483 g/mol. The summed E-state index contributed by atoms with van der Waals surface area (Å²) in [5, 5.41) is 9.65. The molecule has 8 heteroatoms. The molecule has 0 fully saturated rings. The maximum absolute atomic E-state index is 12.2. The third kappa shape index (κ3) is 5.08. The van der Waals surface area contributed by atoms with Crippen molar-refractivity contribution >= 4 is 33.5 Å². The van der Waals surface area contributed by atoms with Crippen LogP contribution in [0.5, 0.6) is 23.0 Å². The number of carbonyl (C=O) groups is 1. The van der Waals surface area contributed by atoms with E-state index in [1.807, 2.05) is 0 Å². The molecule has 0 atom stereocenters. The molecule has 3 rings (SSSR count). The summed E-state index contributed by atoms with van der Waals surface area (Å²) in [7, 11) is 4.54. The molecule has 0 aliphatic carbocycles. The Labute approximate surface area is 187 Å². The first kappa shape index (κ1) is 22.0. The van der Waals surface area contributed by atoms with Gasteiger partial charge in [-0.15, -0.1) is 0 Å². The summed E-state index contributed by atoms with van der Waals surface area (Å²) in [6.07, 6.45) is 1.69. The molecule has 0 saturated carbocycles. The molecule has 0 bridgehead atoms. The van der Waals surface area contributed by atoms with Crippen molar-refractivity contribution in [3.63, 3.8) is 0 Å². The van der Waals surface area contributed by atoms with E-state index in [-0.39, 0.29) is 11.5 Å². The Morgan fingerprint density at radius 3 is 2.23 bits per heavy atom. The standard InChI is InChI=1S/C23H18BrNO6/c1-27-17-7-5-15(12-21(17)29-3)16(13-25)10-14-4-6-18(20(11-14)28-2)31-23(26)19-8-9-22(24)30-19/h4-12H,1-3H3/b16-10-. The molecule has 31 heavy (non-hydrogen) atoms. The molecule has 0 radical (unpaired) electrons. The maximum atomic E-state index is 12.2. The van der Waals surface area contributed by atoms with Crippen molar-refractivity contribution in [2.45, 2.75) is 0 Å². The summed E-state index contributed by atoms with van der Waals surface area (Å²) in [5.74, 6) is 1.04. The van der Waals surface area contributed by atoms with E-state index in [2.05, 4.69) is 22.0 Å². The van der Waals surface area contributed by atoms with Gasteiger partial charge < -0.3 is 23.4 Å². The average molecular weight is 484 g/mol. The lowest BCUT2D eigenvalue weighted by Gasteiger charge is -2.10. The van der Waals surface area contributed by atoms with Crippen molar-refractivity contribution in [1.82, 2.24) is 0 Å². The Morgan fingerprint density at radius 1 is 0.935 bits per heavy atom. The largest absolute Gasteiger partial charge is 0.493 e. The third-order valence-corrected chi connectivity index (χ3v) is 4.72. The molecule has 0 aliphatic rings. The highest BCUT2D eigenvalue weighted by Crippen LogP contribution is 2.33. The van der Waals surface area contributed by atoms with Crippen molar-refractivity contribution in [3.05, 3.63) is 70.1 Å². The summed E-state index contributed by atoms with van der Waals surface area (Å²) in [6, 6.07) is 15.5. The summed E-state index contributed by atoms with van der Waals surface area (Å²) < 4.78 is 26.9. The van der Waals surface area contributed by atoms with Crippen LogP contribution in [-0.4, -0.2) is 27.3 Å². The number of hydrogen-bond acceptors (Lipinski definition) is 7. The van der Waals surface area contributed by atoms with Crippen LogP contribution in [-0.2, 0) is 0 Å². The van der Waals surface area contributed by atoms with Gasteiger partial charge in [0, 0.05) is 0 Å². The number of furan rings is 1. The Kier molecular flexibility index (Phi) is 7.00. The van der Waals surface area contributed by atoms with Gasteiger partial charge in [-0.2, -0.15) is 5.26 Å². The highest BCUT2D eigenvalue weighted by molar-refractivity contribution is 9.10. The van der Waals surface area contributed by atoms with Gasteiger partial charge in [0.1, 0.15) is 0 Å². The molecular weight excluding hydrogens is 466 g/mol. The van der Waals surface area contributed by atoms with Gasteiger partial charge in [-0.05, 0) is 75.6 Å². The van der Waals surface area contributed by atoms with E-state index in [1.54, 1.807) is 55.7 Å². The molecule has 0 unspecified atom stereocenters. The Hall–Kier alpha value is -3.70. The highest BCUT2D eigenvalue weighted by atomic mass is 79.9. The number of nitrogens with zero attached hydrogens (tertiary/aromatic N) is 1. The quantitative estimate of drug-likeness (QED) is 0.193. The summed E-state index contributed by atoms with van der Waals surface area (Å²) >= 11 is 3.14. The van der Waals surface area contributed by atoms with E-state index in [9.17, 15) is 10.1 Å². The predicted octanol–water partition coefficient (Wildman–Crippen LogP) is 5.35. The Bertz CT molecular complexity index is 1180. The molecule has 1 aromatic heterocycles. The lowest BCUT2D eigenvalue weighted by molar-refractivity contribution is 0.0695. The summed E-state index contributed by atoms with van der Waals surface area (Å²) in [6.45, 7) is 0. The van der Waals surface area contributed by atoms with E-state index in [1.165, 1.54) is 20.3 Å². The minimum atomic E-state index is -0.657. The van der Waals surface area contributed by atoms with Gasteiger partial charge in [0.05, 0.1) is 33.0 Å². The van der Waals surface area contributed by atoms with Crippen molar-refractivity contribution in [3.8, 4) is 29.1 Å². The van der Waals surface area contributed by atoms with E-state index in [0.717, 1.165) is 0 Å². The fraction of sp³-hybridized carbons (Fsp3) is 0.130. The van der Waals surface area contributed by atoms with Crippen LogP contribution in [0.15, 0.2) is 57.6 Å². The van der Waals surface area contributed by atoms with Crippen molar-refractivity contribution in [2.24, 2.45) is 0 Å². The van der Waals surface area contributed by atoms with Crippen LogP contribution in [0, 0.1) is 11.3 Å². The fourth-order valence-corrected chi connectivity index (χ4v) is 3.09. The number of nitriles is 1. The second-order valence-corrected chi connectivity index (χ2v) is 6.92. The van der Waals surface area contributed by atoms with Crippen molar-refractivity contribution < 1.29 is 28.2 Å². The summed E-state index contributed by atoms with van der Waals surface area (Å²) in [4.78, 5) is 12.2. The van der Waals surface area contributed by atoms with Crippen LogP contribution in [0.4, 0.5) is 0 Å². The van der Waals surface area contributed by atoms with Crippen LogP contribution < -0.4 is 18.9 Å². The minimum Gasteiger partial charge on any atom is -0.493 e. The molecular formula is C23H18BrNO6. The van der Waals surface area contributed by atoms with Gasteiger partial charge in [-0.3, -0.25) is 0 Å². The smallest absolute Gasteiger partial charge is 0.379 e. The molecule has 2 aromatic carbocycles. The van der Waals surface area contributed by atoms with Crippen LogP contribution in [0.2, 0.25) is 0 Å². The molecule has 3 aromatic rings. The van der Waals surface area contributed by atoms with E-state index >= 15 is 0 Å². The molecule has 0 aliphatic heterocycles. The number of benzene rings is 2. The van der Waals surface area contributed by atoms with Crippen molar-refractivity contribution in [1.29, 1.82) is 5.26 Å². The SMILES string of the molecule is COc1ccc(/C(C#N)=C\c2ccc(OC(=O)c3ccc(Br)o3)c(OC)c2)cc1OC. The van der Waals surface area contributed by atoms with Crippen LogP contribution in [0.25, 0.3) is 11.6 Å². The number of methoxy groups -OCH3 is 3. The zero-order chi connectivity index (χ0) is 22.4. The second kappa shape index (κ2) is 9.87. The lowest BCUT2D eigenvalue weighted by atomic mass is 10.0. The Balaban J connectivity index is 1.89. The van der Waals surface area contributed by atoms with Gasteiger partial charge >= 0.3 is 5.97 Å². The van der Waals surface area contributed by atoms with E-state index < -0.39 is 5.97 Å². The first-order valence-corrected chi connectivity index (χ1v) is 9.78. The molecule has 1 heterocycles. The van der Waals surface area contributed by atoms with Crippen molar-refractivity contribution in [2.75, 3.05) is 21.3 Å². The molecule has 0 amide bonds. The predicted molar refractivity (Wildman–Crippen MR) is 117 cm³/mol. The van der Waals surface area contributed by atoms with Gasteiger partial charge in [-0.25, -0.2) is 4.79 Å². The number of halogens is 1. The third-order valence-electron chi connectivity index (χ3n) is 4.29. The molecule has 7 nitrogen and oxygen atoms in total. The molecule has 0 saturated heterocycles. The minimum absolute atomic E-state index is 0.0538. The molecule has 0 spiro atoms. The topological polar surface area (TPSA) is 90.9 Å². The van der Waals surface area contributed by atoms with Crippen LogP contribution in [0.1, 0.15) is 21.7 Å². The number of ether oxygens (including phenoxy) is 4. The number of rotatable bonds is 7. The average Bonchev–Trinajstić information content (AvgIpc) is 3.24. The normalized spacial score (nSPS) is 10.9.